The second-order valence-electron chi connectivity index (χ2n) is 9.80. The molecule has 0 unspecified atom stereocenters. The molecule has 0 aliphatic carbocycles. The fourth-order valence-electron chi connectivity index (χ4n) is 4.19. The van der Waals surface area contributed by atoms with Gasteiger partial charge in [-0.2, -0.15) is 0 Å². The molecule has 3 N–H and O–H groups in total. The van der Waals surface area contributed by atoms with Crippen molar-refractivity contribution in [3.63, 3.8) is 0 Å². The summed E-state index contributed by atoms with van der Waals surface area (Å²) in [5.41, 5.74) is 5.27. The molecule has 6 nitrogen and oxygen atoms in total. The molecular formula is C29H38FNO5. The van der Waals surface area contributed by atoms with E-state index in [4.69, 9.17) is 4.74 Å². The molecule has 2 aromatic rings. The number of esters is 1. The number of aliphatic hydroxyl groups is 2. The van der Waals surface area contributed by atoms with E-state index in [-0.39, 0.29) is 24.6 Å². The molecule has 0 fully saturated rings. The minimum Gasteiger partial charge on any atom is -0.467 e. The van der Waals surface area contributed by atoms with E-state index in [1.807, 2.05) is 39.8 Å². The number of rotatable bonds is 11. The summed E-state index contributed by atoms with van der Waals surface area (Å²) in [7, 11) is 1.26. The van der Waals surface area contributed by atoms with Crippen LogP contribution in [-0.4, -0.2) is 47.4 Å². The van der Waals surface area contributed by atoms with E-state index in [0.29, 0.717) is 12.0 Å². The van der Waals surface area contributed by atoms with Gasteiger partial charge in [-0.05, 0) is 73.1 Å². The molecule has 0 spiro atoms. The fraction of sp³-hybridized carbons (Fsp3) is 0.448. The van der Waals surface area contributed by atoms with E-state index in [1.165, 1.54) is 13.2 Å². The molecule has 3 atom stereocenters. The predicted octanol–water partition coefficient (Wildman–Crippen LogP) is 4.64. The lowest BCUT2D eigenvalue weighted by molar-refractivity contribution is -0.145. The molecule has 7 heteroatoms. The maximum absolute atomic E-state index is 13.8. The Labute approximate surface area is 213 Å². The Hall–Kier alpha value is -3.03. The zero-order valence-corrected chi connectivity index (χ0v) is 22.0. The Balaban J connectivity index is 2.09. The van der Waals surface area contributed by atoms with Crippen LogP contribution < -0.4 is 5.32 Å². The third-order valence-corrected chi connectivity index (χ3v) is 5.95. The minimum atomic E-state index is -1.10. The van der Waals surface area contributed by atoms with Crippen LogP contribution in [0.4, 0.5) is 4.39 Å². The van der Waals surface area contributed by atoms with Crippen molar-refractivity contribution < 1.29 is 28.9 Å². The summed E-state index contributed by atoms with van der Waals surface area (Å²) >= 11 is 0. The van der Waals surface area contributed by atoms with E-state index >= 15 is 0 Å². The number of carbonyl (C=O) groups excluding carboxylic acids is 2. The second-order valence-corrected chi connectivity index (χ2v) is 9.80. The quantitative estimate of drug-likeness (QED) is 0.392. The van der Waals surface area contributed by atoms with Crippen molar-refractivity contribution in [2.45, 2.75) is 72.1 Å². The molecule has 2 aromatic carbocycles. The normalized spacial score (nSPS) is 14.1. The number of hydrogen-bond acceptors (Lipinski definition) is 5. The van der Waals surface area contributed by atoms with Crippen molar-refractivity contribution in [3.05, 3.63) is 64.5 Å². The van der Waals surface area contributed by atoms with Crippen LogP contribution in [0.25, 0.3) is 17.2 Å². The molecule has 0 aromatic heterocycles. The molecule has 0 saturated heterocycles. The molecular weight excluding hydrogens is 461 g/mol. The average molecular weight is 500 g/mol. The fourth-order valence-corrected chi connectivity index (χ4v) is 4.19. The van der Waals surface area contributed by atoms with Gasteiger partial charge in [0.25, 0.3) is 0 Å². The summed E-state index contributed by atoms with van der Waals surface area (Å²) < 4.78 is 18.5. The van der Waals surface area contributed by atoms with Gasteiger partial charge in [-0.15, -0.1) is 0 Å². The highest BCUT2D eigenvalue weighted by Crippen LogP contribution is 2.30. The van der Waals surface area contributed by atoms with Crippen LogP contribution >= 0.6 is 0 Å². The maximum Gasteiger partial charge on any atom is 0.328 e. The number of halogens is 1. The van der Waals surface area contributed by atoms with E-state index in [9.17, 15) is 24.2 Å². The lowest BCUT2D eigenvalue weighted by atomic mass is 9.92. The minimum absolute atomic E-state index is 0.0487. The zero-order chi connectivity index (χ0) is 27.0. The number of amides is 1. The predicted molar refractivity (Wildman–Crippen MR) is 140 cm³/mol. The van der Waals surface area contributed by atoms with Crippen LogP contribution in [0.5, 0.6) is 0 Å². The smallest absolute Gasteiger partial charge is 0.328 e. The number of ether oxygens (including phenoxy) is 1. The largest absolute Gasteiger partial charge is 0.467 e. The molecule has 196 valence electrons. The van der Waals surface area contributed by atoms with E-state index in [2.05, 4.69) is 5.32 Å². The molecule has 0 aliphatic rings. The highest BCUT2D eigenvalue weighted by molar-refractivity contribution is 5.84. The van der Waals surface area contributed by atoms with Gasteiger partial charge in [0.15, 0.2) is 0 Å². The van der Waals surface area contributed by atoms with Crippen molar-refractivity contribution in [2.75, 3.05) is 7.11 Å². The first-order valence-corrected chi connectivity index (χ1v) is 12.2. The van der Waals surface area contributed by atoms with E-state index in [1.54, 1.807) is 31.2 Å². The first-order valence-electron chi connectivity index (χ1n) is 12.2. The van der Waals surface area contributed by atoms with Crippen LogP contribution in [0, 0.1) is 32.5 Å². The van der Waals surface area contributed by atoms with Crippen LogP contribution in [0.1, 0.15) is 55.4 Å². The van der Waals surface area contributed by atoms with Crippen LogP contribution in [-0.2, 0) is 14.3 Å². The Morgan fingerprint density at radius 1 is 1.06 bits per heavy atom. The van der Waals surface area contributed by atoms with Gasteiger partial charge >= 0.3 is 5.97 Å². The van der Waals surface area contributed by atoms with Gasteiger partial charge in [0.05, 0.1) is 25.7 Å². The van der Waals surface area contributed by atoms with Gasteiger partial charge in [0.1, 0.15) is 11.9 Å². The molecule has 0 radical (unpaired) electrons. The molecule has 0 aliphatic heterocycles. The summed E-state index contributed by atoms with van der Waals surface area (Å²) in [5, 5.41) is 23.5. The Bertz CT molecular complexity index is 1100. The first kappa shape index (κ1) is 29.2. The highest BCUT2D eigenvalue weighted by atomic mass is 19.1. The number of methoxy groups -OCH3 is 1. The number of aryl methyl sites for hydroxylation is 3. The Kier molecular flexibility index (Phi) is 10.8. The topological polar surface area (TPSA) is 95.9 Å². The van der Waals surface area contributed by atoms with Crippen LogP contribution in [0.15, 0.2) is 36.4 Å². The van der Waals surface area contributed by atoms with Crippen LogP contribution in [0.2, 0.25) is 0 Å². The van der Waals surface area contributed by atoms with Crippen molar-refractivity contribution in [3.8, 4) is 11.1 Å². The van der Waals surface area contributed by atoms with Gasteiger partial charge < -0.3 is 20.3 Å². The molecule has 0 saturated carbocycles. The SMILES string of the molecule is COC(=O)[C@H](CC(C)C)NC(=O)C[C@H](O)C[C@@H](O)C=Cc1c(C)cc(C)cc1-c1ccc(F)c(C)c1. The van der Waals surface area contributed by atoms with E-state index in [0.717, 1.165) is 27.8 Å². The molecule has 0 bridgehead atoms. The van der Waals surface area contributed by atoms with Crippen molar-refractivity contribution in [2.24, 2.45) is 5.92 Å². The summed E-state index contributed by atoms with van der Waals surface area (Å²) in [5.74, 6) is -1.12. The third-order valence-electron chi connectivity index (χ3n) is 5.95. The molecule has 2 rings (SSSR count). The number of benzene rings is 2. The zero-order valence-electron chi connectivity index (χ0n) is 22.0. The summed E-state index contributed by atoms with van der Waals surface area (Å²) in [6, 6.07) is 8.23. The molecule has 36 heavy (non-hydrogen) atoms. The number of aliphatic hydroxyl groups excluding tert-OH is 2. The highest BCUT2D eigenvalue weighted by Gasteiger charge is 2.24. The summed E-state index contributed by atoms with van der Waals surface area (Å²) in [4.78, 5) is 24.3. The van der Waals surface area contributed by atoms with Gasteiger partial charge in [0.2, 0.25) is 5.91 Å². The lowest BCUT2D eigenvalue weighted by Gasteiger charge is -2.19. The van der Waals surface area contributed by atoms with Gasteiger partial charge in [-0.25, -0.2) is 9.18 Å². The number of carbonyl (C=O) groups is 2. The monoisotopic (exact) mass is 499 g/mol. The number of nitrogens with one attached hydrogen (secondary N) is 1. The van der Waals surface area contributed by atoms with Crippen LogP contribution in [0.3, 0.4) is 0 Å². The molecule has 0 heterocycles. The van der Waals surface area contributed by atoms with E-state index < -0.39 is 30.1 Å². The van der Waals surface area contributed by atoms with Gasteiger partial charge in [0, 0.05) is 6.42 Å². The summed E-state index contributed by atoms with van der Waals surface area (Å²) in [6.45, 7) is 9.53. The van der Waals surface area contributed by atoms with Crippen molar-refractivity contribution in [1.29, 1.82) is 0 Å². The maximum atomic E-state index is 13.8. The van der Waals surface area contributed by atoms with Gasteiger partial charge in [-0.1, -0.05) is 49.8 Å². The lowest BCUT2D eigenvalue weighted by Crippen LogP contribution is -2.43. The number of hydrogen-bond donors (Lipinski definition) is 3. The average Bonchev–Trinajstić information content (AvgIpc) is 2.78. The molecule has 1 amide bonds. The standard InChI is InChI=1S/C29H38FNO5/c1-17(2)11-27(29(35)36-6)31-28(34)16-23(33)15-22(32)8-9-24-19(4)12-18(3)13-25(24)21-7-10-26(30)20(5)14-21/h7-10,12-14,17,22-23,27,32-33H,11,15-16H2,1-6H3,(H,31,34)/t22-,23+,27-/m0/s1. The van der Waals surface area contributed by atoms with Crippen molar-refractivity contribution in [1.82, 2.24) is 5.32 Å². The van der Waals surface area contributed by atoms with Gasteiger partial charge in [-0.3, -0.25) is 4.79 Å². The second kappa shape index (κ2) is 13.3. The Morgan fingerprint density at radius 2 is 1.75 bits per heavy atom. The first-order chi connectivity index (χ1) is 16.9. The Morgan fingerprint density at radius 3 is 2.36 bits per heavy atom. The van der Waals surface area contributed by atoms with Crippen molar-refractivity contribution >= 4 is 18.0 Å². The third kappa shape index (κ3) is 8.57. The summed E-state index contributed by atoms with van der Waals surface area (Å²) in [6.07, 6.45) is 1.40.